The second kappa shape index (κ2) is 21.8. The van der Waals surface area contributed by atoms with Crippen molar-refractivity contribution in [3.05, 3.63) is 47.1 Å². The number of carbonyl (C=O) groups excluding carboxylic acids is 2. The molecule has 16 heteroatoms. The Kier molecular flexibility index (Phi) is 17.0. The number of esters is 2. The van der Waals surface area contributed by atoms with E-state index >= 15 is 0 Å². The smallest absolute Gasteiger partial charge is 0.316 e. The van der Waals surface area contributed by atoms with E-state index < -0.39 is 109 Å². The molecule has 0 aromatic heterocycles. The van der Waals surface area contributed by atoms with Crippen molar-refractivity contribution in [2.45, 2.75) is 211 Å². The van der Waals surface area contributed by atoms with E-state index in [-0.39, 0.29) is 49.3 Å². The average Bonchev–Trinajstić information content (AvgIpc) is 3.62. The Labute approximate surface area is 396 Å². The number of aliphatic hydroxyl groups is 2. The molecular weight excluding hydrogens is 869 g/mol. The number of fused-ring (bicyclic) bond motifs is 2. The van der Waals surface area contributed by atoms with Gasteiger partial charge in [-0.3, -0.25) is 9.59 Å². The zero-order valence-electron chi connectivity index (χ0n) is 41.6. The van der Waals surface area contributed by atoms with Gasteiger partial charge in [-0.25, -0.2) is 0 Å². The van der Waals surface area contributed by atoms with Gasteiger partial charge in [0.25, 0.3) is 0 Å². The molecule has 1 aliphatic carbocycles. The van der Waals surface area contributed by atoms with Crippen LogP contribution in [-0.4, -0.2) is 153 Å². The van der Waals surface area contributed by atoms with Crippen molar-refractivity contribution in [3.63, 3.8) is 0 Å². The number of allylic oxidation sites excluding steroid dienone is 2. The highest BCUT2D eigenvalue weighted by atomic mass is 16.7. The molecule has 378 valence electrons. The Balaban J connectivity index is 1.21. The molecule has 6 aliphatic heterocycles. The summed E-state index contributed by atoms with van der Waals surface area (Å²) in [4.78, 5) is 27.1. The van der Waals surface area contributed by atoms with Gasteiger partial charge in [-0.2, -0.15) is 0 Å². The molecule has 5 saturated heterocycles. The minimum Gasteiger partial charge on any atom is -0.462 e. The summed E-state index contributed by atoms with van der Waals surface area (Å²) in [6.07, 6.45) is 4.21. The fourth-order valence-electron chi connectivity index (χ4n) is 11.6. The maximum Gasteiger partial charge on any atom is 0.316 e. The van der Waals surface area contributed by atoms with Crippen LogP contribution in [0.3, 0.4) is 0 Å². The standard InChI is InChI=1S/C51H78O16/c1-13-26(2)45-30(6)40(62-33(9)52)24-50(67-45)23-36-20-35(66-50)18-17-28(4)44(64-42-22-39(57-11)47(32(8)61-42)65-41-21-38(56-10)43(53)31(7)60-41)27(3)15-14-16-34-25-59-48-46(58-12)29(5)19-37(49(54)63-36)51(34,48)55/h14-17,19,26-27,30-32,35-48,53,55H,13,18,20-25H2,1-12H3/b15-14+,28-17+,34-16+/t26-,27-,30-,31?,32?,35+,36-,37-,38?,39?,40?,41?,42?,43?,44-,45+,46+,47?,48+,50-,51+/m0/s1. The lowest BCUT2D eigenvalue weighted by Gasteiger charge is -2.52. The highest BCUT2D eigenvalue weighted by Gasteiger charge is 2.61. The molecule has 0 radical (unpaired) electrons. The molecule has 21 atom stereocenters. The molecule has 7 rings (SSSR count). The summed E-state index contributed by atoms with van der Waals surface area (Å²) in [7, 11) is 4.78. The number of hydrogen-bond donors (Lipinski definition) is 2. The van der Waals surface area contributed by atoms with E-state index in [0.717, 1.165) is 17.6 Å². The predicted octanol–water partition coefficient (Wildman–Crippen LogP) is 5.80. The average molecular weight is 947 g/mol. The van der Waals surface area contributed by atoms with Crippen LogP contribution >= 0.6 is 0 Å². The minimum absolute atomic E-state index is 0.0828. The van der Waals surface area contributed by atoms with Crippen molar-refractivity contribution >= 4 is 11.9 Å². The van der Waals surface area contributed by atoms with Gasteiger partial charge < -0.3 is 67.1 Å². The first-order valence-corrected chi connectivity index (χ1v) is 24.5. The Bertz CT molecular complexity index is 1850. The number of methoxy groups -OCH3 is 3. The van der Waals surface area contributed by atoms with Gasteiger partial charge in [0.2, 0.25) is 0 Å². The molecule has 16 nitrogen and oxygen atoms in total. The van der Waals surface area contributed by atoms with E-state index in [0.29, 0.717) is 31.3 Å². The summed E-state index contributed by atoms with van der Waals surface area (Å²) >= 11 is 0. The van der Waals surface area contributed by atoms with Crippen molar-refractivity contribution < 1.29 is 76.6 Å². The molecule has 1 spiro atoms. The zero-order valence-corrected chi connectivity index (χ0v) is 41.6. The largest absolute Gasteiger partial charge is 0.462 e. The quantitative estimate of drug-likeness (QED) is 0.198. The van der Waals surface area contributed by atoms with Crippen LogP contribution < -0.4 is 0 Å². The minimum atomic E-state index is -1.76. The first-order valence-electron chi connectivity index (χ1n) is 24.5. The van der Waals surface area contributed by atoms with Gasteiger partial charge >= 0.3 is 11.9 Å². The monoisotopic (exact) mass is 947 g/mol. The number of ether oxygens (including phenoxy) is 12. The van der Waals surface area contributed by atoms with Gasteiger partial charge in [-0.15, -0.1) is 0 Å². The Morgan fingerprint density at radius 2 is 1.58 bits per heavy atom. The summed E-state index contributed by atoms with van der Waals surface area (Å²) in [5, 5.41) is 23.4. The number of hydrogen-bond acceptors (Lipinski definition) is 16. The lowest BCUT2D eigenvalue weighted by molar-refractivity contribution is -0.354. The van der Waals surface area contributed by atoms with E-state index in [1.54, 1.807) is 34.3 Å². The molecule has 2 bridgehead atoms. The van der Waals surface area contributed by atoms with Gasteiger partial charge in [0.05, 0.1) is 49.3 Å². The Morgan fingerprint density at radius 3 is 2.27 bits per heavy atom. The molecule has 5 fully saturated rings. The van der Waals surface area contributed by atoms with Gasteiger partial charge in [-0.1, -0.05) is 64.5 Å². The highest BCUT2D eigenvalue weighted by molar-refractivity contribution is 5.78. The number of carbonyl (C=O) groups is 2. The molecule has 0 aromatic rings. The van der Waals surface area contributed by atoms with Crippen LogP contribution in [0.1, 0.15) is 107 Å². The predicted molar refractivity (Wildman–Crippen MR) is 243 cm³/mol. The highest BCUT2D eigenvalue weighted by Crippen LogP contribution is 2.49. The molecule has 0 amide bonds. The van der Waals surface area contributed by atoms with E-state index in [1.165, 1.54) is 6.92 Å². The summed E-state index contributed by atoms with van der Waals surface area (Å²) < 4.78 is 76.3. The summed E-state index contributed by atoms with van der Waals surface area (Å²) in [6.45, 7) is 17.5. The van der Waals surface area contributed by atoms with Crippen LogP contribution in [0, 0.1) is 23.7 Å². The van der Waals surface area contributed by atoms with Crippen LogP contribution in [0.4, 0.5) is 0 Å². The SMILES string of the molecule is CC[C@H](C)[C@H]1O[C@]2(CC(OC(C)=O)[C@@H]1C)C[C@@H]1C[C@@H](C/C=C(\C)[C@@H](OC3CC(OC)C(OC4CC(OC)C(O)C(C)O4)C(C)O3)[C@@H](C)/C=C/C=C3\CO[C@@H]4[C@H](OC)C(C)=C[C@@H](C(=O)O1)[C@]34O)O2. The molecule has 67 heavy (non-hydrogen) atoms. The molecule has 0 aromatic carbocycles. The Hall–Kier alpha value is -2.58. The van der Waals surface area contributed by atoms with Crippen LogP contribution in [-0.2, 0) is 66.4 Å². The maximum absolute atomic E-state index is 14.6. The summed E-state index contributed by atoms with van der Waals surface area (Å²) in [5.74, 6) is -3.50. The van der Waals surface area contributed by atoms with Crippen molar-refractivity contribution in [2.24, 2.45) is 23.7 Å². The van der Waals surface area contributed by atoms with Crippen LogP contribution in [0.5, 0.6) is 0 Å². The molecule has 9 unspecified atom stereocenters. The number of aliphatic hydroxyl groups excluding tert-OH is 1. The van der Waals surface area contributed by atoms with Gasteiger partial charge in [-0.05, 0) is 56.8 Å². The van der Waals surface area contributed by atoms with Crippen molar-refractivity contribution in [3.8, 4) is 0 Å². The van der Waals surface area contributed by atoms with Crippen molar-refractivity contribution in [1.29, 1.82) is 0 Å². The molecule has 0 saturated carbocycles. The third-order valence-electron chi connectivity index (χ3n) is 15.5. The summed E-state index contributed by atoms with van der Waals surface area (Å²) in [6, 6.07) is 0. The first-order chi connectivity index (χ1) is 31.8. The van der Waals surface area contributed by atoms with Crippen LogP contribution in [0.25, 0.3) is 0 Å². The lowest BCUT2D eigenvalue weighted by atomic mass is 9.70. The van der Waals surface area contributed by atoms with E-state index in [1.807, 2.05) is 45.9 Å². The third kappa shape index (κ3) is 11.0. The van der Waals surface area contributed by atoms with Crippen molar-refractivity contribution in [1.82, 2.24) is 0 Å². The van der Waals surface area contributed by atoms with Crippen LogP contribution in [0.15, 0.2) is 47.1 Å². The third-order valence-corrected chi connectivity index (χ3v) is 15.5. The van der Waals surface area contributed by atoms with Crippen LogP contribution in [0.2, 0.25) is 0 Å². The molecular formula is C51H78O16. The molecule has 2 N–H and O–H groups in total. The second-order valence-electron chi connectivity index (χ2n) is 20.3. The fourth-order valence-corrected chi connectivity index (χ4v) is 11.6. The Morgan fingerprint density at radius 1 is 0.881 bits per heavy atom. The fraction of sp³-hybridized carbons (Fsp3) is 0.804. The number of rotatable bonds is 10. The maximum atomic E-state index is 14.6. The van der Waals surface area contributed by atoms with Gasteiger partial charge in [0, 0.05) is 72.2 Å². The topological polar surface area (TPSA) is 185 Å². The molecule has 7 aliphatic rings. The molecule has 6 heterocycles. The van der Waals surface area contributed by atoms with E-state index in [9.17, 15) is 19.8 Å². The normalized spacial score (nSPS) is 47.6. The summed E-state index contributed by atoms with van der Waals surface area (Å²) in [5.41, 5.74) is 0.450. The second-order valence-corrected chi connectivity index (χ2v) is 20.3. The van der Waals surface area contributed by atoms with Crippen molar-refractivity contribution in [2.75, 3.05) is 27.9 Å². The first kappa shape index (κ1) is 52.2. The van der Waals surface area contributed by atoms with E-state index in [4.69, 9.17) is 56.8 Å². The van der Waals surface area contributed by atoms with Gasteiger partial charge in [0.15, 0.2) is 18.4 Å². The van der Waals surface area contributed by atoms with Gasteiger partial charge in [0.1, 0.15) is 48.1 Å². The zero-order chi connectivity index (χ0) is 48.5. The van der Waals surface area contributed by atoms with E-state index in [2.05, 4.69) is 26.8 Å². The lowest BCUT2D eigenvalue weighted by Crippen LogP contribution is -2.60.